The Hall–Kier alpha value is -1.19. The lowest BCUT2D eigenvalue weighted by Crippen LogP contribution is -2.50. The second kappa shape index (κ2) is 3.90. The molecule has 1 aromatic heterocycles. The number of Topliss-reactive ketones (excluding diaryl/α,β-unsaturated/α-hetero) is 1. The predicted molar refractivity (Wildman–Crippen MR) is 70.3 cm³/mol. The lowest BCUT2D eigenvalue weighted by molar-refractivity contribution is -0.143. The van der Waals surface area contributed by atoms with Gasteiger partial charge in [0.2, 0.25) is 0 Å². The van der Waals surface area contributed by atoms with Crippen molar-refractivity contribution in [2.45, 2.75) is 44.9 Å². The second-order valence-corrected chi connectivity index (χ2v) is 7.10. The van der Waals surface area contributed by atoms with Crippen LogP contribution in [0.1, 0.15) is 44.3 Å². The minimum atomic E-state index is 0.000694. The van der Waals surface area contributed by atoms with Crippen LogP contribution in [0.3, 0.4) is 0 Å². The smallest absolute Gasteiger partial charge is 0.146 e. The minimum absolute atomic E-state index is 0.000694. The van der Waals surface area contributed by atoms with Gasteiger partial charge in [-0.2, -0.15) is 5.10 Å². The van der Waals surface area contributed by atoms with Gasteiger partial charge in [-0.25, -0.2) is 4.98 Å². The van der Waals surface area contributed by atoms with Crippen LogP contribution in [0.2, 0.25) is 0 Å². The summed E-state index contributed by atoms with van der Waals surface area (Å²) in [6.07, 6.45) is 9.62. The molecule has 4 aliphatic carbocycles. The molecule has 0 radical (unpaired) electrons. The van der Waals surface area contributed by atoms with Crippen LogP contribution in [0.25, 0.3) is 0 Å². The van der Waals surface area contributed by atoms with Gasteiger partial charge in [0.15, 0.2) is 0 Å². The van der Waals surface area contributed by atoms with E-state index in [1.54, 1.807) is 11.0 Å². The summed E-state index contributed by atoms with van der Waals surface area (Å²) in [5.41, 5.74) is 0.000694. The van der Waals surface area contributed by atoms with E-state index < -0.39 is 0 Å². The maximum absolute atomic E-state index is 12.8. The molecule has 4 fully saturated rings. The molecule has 0 saturated heterocycles. The summed E-state index contributed by atoms with van der Waals surface area (Å²) >= 11 is 0. The molecule has 0 aliphatic heterocycles. The standard InChI is InChI=1S/C15H21N3O/c1-18-14(16-9-17-18)5-13(19)15-6-10-2-11(7-15)4-12(3-10)8-15/h9-12H,2-8H2,1H3. The Labute approximate surface area is 113 Å². The Balaban J connectivity index is 1.58. The Kier molecular flexibility index (Phi) is 2.39. The molecule has 4 saturated carbocycles. The van der Waals surface area contributed by atoms with E-state index in [-0.39, 0.29) is 5.41 Å². The SMILES string of the molecule is Cn1ncnc1CC(=O)C12CC3CC(CC(C3)C1)C2. The largest absolute Gasteiger partial charge is 0.299 e. The summed E-state index contributed by atoms with van der Waals surface area (Å²) < 4.78 is 1.73. The Morgan fingerprint density at radius 2 is 1.84 bits per heavy atom. The minimum Gasteiger partial charge on any atom is -0.299 e. The van der Waals surface area contributed by atoms with Crippen molar-refractivity contribution >= 4 is 5.78 Å². The van der Waals surface area contributed by atoms with Crippen molar-refractivity contribution in [2.24, 2.45) is 30.2 Å². The molecular formula is C15H21N3O. The van der Waals surface area contributed by atoms with Gasteiger partial charge in [0.25, 0.3) is 0 Å². The zero-order chi connectivity index (χ0) is 13.0. The van der Waals surface area contributed by atoms with Crippen molar-refractivity contribution in [3.8, 4) is 0 Å². The van der Waals surface area contributed by atoms with E-state index in [1.165, 1.54) is 19.3 Å². The number of nitrogens with zero attached hydrogens (tertiary/aromatic N) is 3. The highest BCUT2D eigenvalue weighted by Crippen LogP contribution is 2.60. The van der Waals surface area contributed by atoms with Crippen molar-refractivity contribution in [3.05, 3.63) is 12.2 Å². The Bertz CT molecular complexity index is 484. The number of carbonyl (C=O) groups is 1. The second-order valence-electron chi connectivity index (χ2n) is 7.10. The lowest BCUT2D eigenvalue weighted by atomic mass is 9.48. The normalized spacial score (nSPS) is 39.7. The van der Waals surface area contributed by atoms with Crippen LogP contribution >= 0.6 is 0 Å². The van der Waals surface area contributed by atoms with Crippen LogP contribution in [0.15, 0.2) is 6.33 Å². The molecule has 0 amide bonds. The first-order chi connectivity index (χ1) is 9.14. The fourth-order valence-electron chi connectivity index (χ4n) is 5.26. The van der Waals surface area contributed by atoms with Gasteiger partial charge in [-0.3, -0.25) is 9.48 Å². The topological polar surface area (TPSA) is 47.8 Å². The van der Waals surface area contributed by atoms with E-state index in [2.05, 4.69) is 10.1 Å². The molecule has 4 bridgehead atoms. The van der Waals surface area contributed by atoms with Crippen LogP contribution in [0.4, 0.5) is 0 Å². The molecular weight excluding hydrogens is 238 g/mol. The number of hydrogen-bond acceptors (Lipinski definition) is 3. The quantitative estimate of drug-likeness (QED) is 0.835. The molecule has 0 unspecified atom stereocenters. The summed E-state index contributed by atoms with van der Waals surface area (Å²) in [7, 11) is 1.87. The van der Waals surface area contributed by atoms with Crippen LogP contribution in [0.5, 0.6) is 0 Å². The van der Waals surface area contributed by atoms with Crippen LogP contribution in [-0.2, 0) is 18.3 Å². The third kappa shape index (κ3) is 1.76. The molecule has 1 heterocycles. The van der Waals surface area contributed by atoms with Crippen molar-refractivity contribution in [1.29, 1.82) is 0 Å². The number of carbonyl (C=O) groups excluding carboxylic acids is 1. The van der Waals surface area contributed by atoms with Gasteiger partial charge < -0.3 is 0 Å². The number of ketones is 1. The van der Waals surface area contributed by atoms with Crippen molar-refractivity contribution in [3.63, 3.8) is 0 Å². The lowest BCUT2D eigenvalue weighted by Gasteiger charge is -2.56. The van der Waals surface area contributed by atoms with Gasteiger partial charge in [0, 0.05) is 12.5 Å². The average molecular weight is 259 g/mol. The third-order valence-electron chi connectivity index (χ3n) is 5.75. The summed E-state index contributed by atoms with van der Waals surface area (Å²) in [4.78, 5) is 17.0. The molecule has 4 aliphatic rings. The molecule has 5 rings (SSSR count). The van der Waals surface area contributed by atoms with Gasteiger partial charge in [0.05, 0.1) is 6.42 Å². The van der Waals surface area contributed by atoms with Gasteiger partial charge in [-0.1, -0.05) is 0 Å². The summed E-state index contributed by atoms with van der Waals surface area (Å²) in [5, 5.41) is 4.07. The fourth-order valence-corrected chi connectivity index (χ4v) is 5.26. The van der Waals surface area contributed by atoms with Crippen LogP contribution in [0, 0.1) is 23.2 Å². The maximum Gasteiger partial charge on any atom is 0.146 e. The molecule has 102 valence electrons. The van der Waals surface area contributed by atoms with Gasteiger partial charge in [-0.05, 0) is 56.3 Å². The molecule has 1 aromatic rings. The Morgan fingerprint density at radius 3 is 2.32 bits per heavy atom. The maximum atomic E-state index is 12.8. The van der Waals surface area contributed by atoms with E-state index in [0.29, 0.717) is 12.2 Å². The zero-order valence-corrected chi connectivity index (χ0v) is 11.5. The van der Waals surface area contributed by atoms with Gasteiger partial charge in [-0.15, -0.1) is 0 Å². The summed E-state index contributed by atoms with van der Waals surface area (Å²) in [6, 6.07) is 0. The van der Waals surface area contributed by atoms with Gasteiger partial charge >= 0.3 is 0 Å². The van der Waals surface area contributed by atoms with E-state index in [4.69, 9.17) is 0 Å². The van der Waals surface area contributed by atoms with Crippen LogP contribution < -0.4 is 0 Å². The predicted octanol–water partition coefficient (Wildman–Crippen LogP) is 2.14. The van der Waals surface area contributed by atoms with Gasteiger partial charge in [0.1, 0.15) is 17.9 Å². The first-order valence-corrected chi connectivity index (χ1v) is 7.51. The monoisotopic (exact) mass is 259 g/mol. The zero-order valence-electron chi connectivity index (χ0n) is 11.5. The van der Waals surface area contributed by atoms with E-state index in [0.717, 1.165) is 42.8 Å². The van der Waals surface area contributed by atoms with E-state index in [9.17, 15) is 4.79 Å². The number of hydrogen-bond donors (Lipinski definition) is 0. The summed E-state index contributed by atoms with van der Waals surface area (Å²) in [6.45, 7) is 0. The number of rotatable bonds is 3. The number of aromatic nitrogens is 3. The highest BCUT2D eigenvalue weighted by Gasteiger charge is 2.54. The van der Waals surface area contributed by atoms with E-state index >= 15 is 0 Å². The first kappa shape index (κ1) is 11.6. The average Bonchev–Trinajstić information content (AvgIpc) is 2.73. The number of aryl methyl sites for hydroxylation is 1. The first-order valence-electron chi connectivity index (χ1n) is 7.51. The molecule has 0 atom stereocenters. The van der Waals surface area contributed by atoms with Crippen molar-refractivity contribution in [2.75, 3.05) is 0 Å². The van der Waals surface area contributed by atoms with Crippen molar-refractivity contribution < 1.29 is 4.79 Å². The Morgan fingerprint density at radius 1 is 1.26 bits per heavy atom. The van der Waals surface area contributed by atoms with Crippen molar-refractivity contribution in [1.82, 2.24) is 14.8 Å². The fraction of sp³-hybridized carbons (Fsp3) is 0.800. The highest BCUT2D eigenvalue weighted by atomic mass is 16.1. The van der Waals surface area contributed by atoms with E-state index in [1.807, 2.05) is 7.05 Å². The highest BCUT2D eigenvalue weighted by molar-refractivity contribution is 5.86. The third-order valence-corrected chi connectivity index (χ3v) is 5.75. The molecule has 4 heteroatoms. The molecule has 0 N–H and O–H groups in total. The molecule has 4 nitrogen and oxygen atoms in total. The summed E-state index contributed by atoms with van der Waals surface area (Å²) in [5.74, 6) is 3.74. The molecule has 0 aromatic carbocycles. The van der Waals surface area contributed by atoms with Crippen LogP contribution in [-0.4, -0.2) is 20.5 Å². The molecule has 19 heavy (non-hydrogen) atoms. The molecule has 0 spiro atoms.